The van der Waals surface area contributed by atoms with Crippen molar-refractivity contribution in [2.45, 2.75) is 83.2 Å². The van der Waals surface area contributed by atoms with Crippen molar-refractivity contribution in [1.82, 2.24) is 14.9 Å². The molecule has 1 atom stereocenters. The zero-order valence-corrected chi connectivity index (χ0v) is 20.1. The van der Waals surface area contributed by atoms with Gasteiger partial charge in [-0.2, -0.15) is 0 Å². The van der Waals surface area contributed by atoms with Crippen LogP contribution in [0.15, 0.2) is 48.5 Å². The maximum atomic E-state index is 14.0. The fourth-order valence-corrected chi connectivity index (χ4v) is 6.03. The van der Waals surface area contributed by atoms with Crippen molar-refractivity contribution < 1.29 is 9.59 Å². The number of nitrogens with zero attached hydrogens (tertiary/aromatic N) is 2. The maximum Gasteiger partial charge on any atom is 0.243 e. The molecule has 0 saturated heterocycles. The van der Waals surface area contributed by atoms with Gasteiger partial charge in [-0.05, 0) is 50.7 Å². The molecule has 0 radical (unpaired) electrons. The van der Waals surface area contributed by atoms with E-state index in [0.717, 1.165) is 60.9 Å². The van der Waals surface area contributed by atoms with E-state index in [2.05, 4.69) is 16.0 Å². The Kier molecular flexibility index (Phi) is 6.80. The molecule has 5 rings (SSSR count). The number of nitrogens with one attached hydrogen (secondary N) is 1. The van der Waals surface area contributed by atoms with Gasteiger partial charge >= 0.3 is 0 Å². The summed E-state index contributed by atoms with van der Waals surface area (Å²) in [6.07, 6.45) is 11.4. The number of para-hydroxylation sites is 2. The van der Waals surface area contributed by atoms with Gasteiger partial charge in [0, 0.05) is 17.2 Å². The Bertz CT molecular complexity index is 1170. The topological polar surface area (TPSA) is 64.0 Å². The number of hydrogen-bond acceptors (Lipinski definition) is 3. The number of aromatic nitrogens is 2. The highest BCUT2D eigenvalue weighted by molar-refractivity contribution is 6.01. The van der Waals surface area contributed by atoms with Gasteiger partial charge in [0.05, 0.1) is 11.0 Å². The molecule has 2 aliphatic rings. The van der Waals surface area contributed by atoms with Gasteiger partial charge in [-0.25, -0.2) is 4.98 Å². The molecule has 0 spiro atoms. The lowest BCUT2D eigenvalue weighted by atomic mass is 9.82. The lowest BCUT2D eigenvalue weighted by molar-refractivity contribution is -0.127. The predicted molar refractivity (Wildman–Crippen MR) is 136 cm³/mol. The van der Waals surface area contributed by atoms with Crippen LogP contribution in [-0.2, 0) is 4.79 Å². The van der Waals surface area contributed by atoms with Crippen LogP contribution in [0.25, 0.3) is 22.4 Å². The van der Waals surface area contributed by atoms with Crippen molar-refractivity contribution in [2.24, 2.45) is 5.92 Å². The molecule has 178 valence electrons. The Hall–Kier alpha value is -2.95. The second-order valence-electron chi connectivity index (χ2n) is 10.1. The fraction of sp³-hybridized carbons (Fsp3) is 0.483. The Morgan fingerprint density at radius 1 is 0.882 bits per heavy atom. The van der Waals surface area contributed by atoms with Crippen LogP contribution in [0.2, 0.25) is 0 Å². The fourth-order valence-electron chi connectivity index (χ4n) is 6.03. The van der Waals surface area contributed by atoms with E-state index in [4.69, 9.17) is 4.98 Å². The highest BCUT2D eigenvalue weighted by Gasteiger charge is 2.35. The maximum absolute atomic E-state index is 14.0. The van der Waals surface area contributed by atoms with E-state index in [0.29, 0.717) is 5.56 Å². The van der Waals surface area contributed by atoms with Gasteiger partial charge in [0.15, 0.2) is 5.78 Å². The van der Waals surface area contributed by atoms with E-state index in [9.17, 15) is 9.59 Å². The molecule has 2 fully saturated rings. The number of amides is 1. The zero-order valence-electron chi connectivity index (χ0n) is 20.1. The van der Waals surface area contributed by atoms with Crippen LogP contribution in [0.3, 0.4) is 0 Å². The first kappa shape index (κ1) is 22.8. The van der Waals surface area contributed by atoms with Gasteiger partial charge in [-0.15, -0.1) is 0 Å². The smallest absolute Gasteiger partial charge is 0.243 e. The molecule has 2 aromatic carbocycles. The van der Waals surface area contributed by atoms with E-state index in [1.165, 1.54) is 25.7 Å². The van der Waals surface area contributed by atoms with Crippen LogP contribution in [0, 0.1) is 5.92 Å². The molecule has 3 aromatic rings. The molecule has 0 aliphatic heterocycles. The molecule has 1 aromatic heterocycles. The predicted octanol–water partition coefficient (Wildman–Crippen LogP) is 6.48. The molecule has 34 heavy (non-hydrogen) atoms. The third-order valence-corrected chi connectivity index (χ3v) is 7.74. The van der Waals surface area contributed by atoms with E-state index in [1.54, 1.807) is 6.92 Å². The van der Waals surface area contributed by atoms with Crippen molar-refractivity contribution in [2.75, 3.05) is 0 Å². The summed E-state index contributed by atoms with van der Waals surface area (Å²) in [7, 11) is 0. The quantitative estimate of drug-likeness (QED) is 0.431. The van der Waals surface area contributed by atoms with Gasteiger partial charge in [0.25, 0.3) is 0 Å². The van der Waals surface area contributed by atoms with Crippen molar-refractivity contribution in [1.29, 1.82) is 0 Å². The first-order valence-electron chi connectivity index (χ1n) is 13.0. The highest BCUT2D eigenvalue weighted by Crippen LogP contribution is 2.39. The third-order valence-electron chi connectivity index (χ3n) is 7.74. The number of imidazole rings is 1. The van der Waals surface area contributed by atoms with Gasteiger partial charge in [-0.1, -0.05) is 74.9 Å². The Balaban J connectivity index is 1.66. The number of fused-ring (bicyclic) bond motifs is 1. The number of ketones is 1. The summed E-state index contributed by atoms with van der Waals surface area (Å²) < 4.78 is 2.16. The molecule has 1 unspecified atom stereocenters. The second kappa shape index (κ2) is 10.1. The average Bonchev–Trinajstić information content (AvgIpc) is 3.24. The largest absolute Gasteiger partial charge is 0.352 e. The molecule has 0 bridgehead atoms. The number of carbonyl (C=O) groups excluding carboxylic acids is 2. The summed E-state index contributed by atoms with van der Waals surface area (Å²) in [4.78, 5) is 31.5. The molecule has 2 saturated carbocycles. The summed E-state index contributed by atoms with van der Waals surface area (Å²) in [6, 6.07) is 15.7. The molecule has 5 nitrogen and oxygen atoms in total. The summed E-state index contributed by atoms with van der Waals surface area (Å²) >= 11 is 0. The van der Waals surface area contributed by atoms with E-state index in [1.807, 2.05) is 42.5 Å². The highest BCUT2D eigenvalue weighted by atomic mass is 16.2. The second-order valence-corrected chi connectivity index (χ2v) is 10.1. The SMILES string of the molecule is CC(=O)c1ccccc1-c1nc2ccccc2n1C(C(=O)NC1CCCCC1)C1CCCCC1. The molecular weight excluding hydrogens is 422 g/mol. The van der Waals surface area contributed by atoms with Crippen LogP contribution in [0.1, 0.15) is 87.5 Å². The lowest BCUT2D eigenvalue weighted by Crippen LogP contribution is -2.43. The minimum atomic E-state index is -0.329. The number of rotatable bonds is 6. The zero-order chi connectivity index (χ0) is 23.5. The van der Waals surface area contributed by atoms with Crippen LogP contribution < -0.4 is 5.32 Å². The van der Waals surface area contributed by atoms with E-state index in [-0.39, 0.29) is 29.7 Å². The van der Waals surface area contributed by atoms with Gasteiger partial charge in [0.2, 0.25) is 5.91 Å². The number of hydrogen-bond donors (Lipinski definition) is 1. The number of carbonyl (C=O) groups is 2. The molecular formula is C29H35N3O2. The number of Topliss-reactive ketones (excluding diaryl/α,β-unsaturated/α-hetero) is 1. The molecule has 2 aliphatic carbocycles. The first-order valence-corrected chi connectivity index (χ1v) is 13.0. The summed E-state index contributed by atoms with van der Waals surface area (Å²) in [5.41, 5.74) is 3.28. The first-order chi connectivity index (χ1) is 16.6. The normalized spacial score (nSPS) is 18.6. The van der Waals surface area contributed by atoms with E-state index < -0.39 is 0 Å². The third kappa shape index (κ3) is 4.53. The van der Waals surface area contributed by atoms with Gasteiger partial charge in [-0.3, -0.25) is 9.59 Å². The van der Waals surface area contributed by atoms with Crippen molar-refractivity contribution in [3.63, 3.8) is 0 Å². The minimum Gasteiger partial charge on any atom is -0.352 e. The molecule has 1 amide bonds. The number of benzene rings is 2. The Morgan fingerprint density at radius 3 is 2.26 bits per heavy atom. The monoisotopic (exact) mass is 457 g/mol. The van der Waals surface area contributed by atoms with Crippen molar-refractivity contribution >= 4 is 22.7 Å². The molecule has 5 heteroatoms. The van der Waals surface area contributed by atoms with Gasteiger partial charge < -0.3 is 9.88 Å². The van der Waals surface area contributed by atoms with Crippen LogP contribution in [0.4, 0.5) is 0 Å². The van der Waals surface area contributed by atoms with Crippen LogP contribution in [-0.4, -0.2) is 27.3 Å². The summed E-state index contributed by atoms with van der Waals surface area (Å²) in [5.74, 6) is 1.11. The molecule has 1 heterocycles. The molecule has 1 N–H and O–H groups in total. The van der Waals surface area contributed by atoms with Crippen molar-refractivity contribution in [3.8, 4) is 11.4 Å². The standard InChI is InChI=1S/C29H35N3O2/c1-20(33)23-16-8-9-17-24(23)28-31-25-18-10-11-19-26(25)32(28)27(21-12-4-2-5-13-21)29(34)30-22-14-6-3-7-15-22/h8-11,16-19,21-22,27H,2-7,12-15H2,1H3,(H,30,34). The van der Waals surface area contributed by atoms with E-state index >= 15 is 0 Å². The van der Waals surface area contributed by atoms with Crippen LogP contribution >= 0.6 is 0 Å². The minimum absolute atomic E-state index is 0.00933. The average molecular weight is 458 g/mol. The van der Waals surface area contributed by atoms with Crippen molar-refractivity contribution in [3.05, 3.63) is 54.1 Å². The Morgan fingerprint density at radius 2 is 1.53 bits per heavy atom. The lowest BCUT2D eigenvalue weighted by Gasteiger charge is -2.34. The summed E-state index contributed by atoms with van der Waals surface area (Å²) in [6.45, 7) is 1.60. The Labute approximate surface area is 202 Å². The van der Waals surface area contributed by atoms with Crippen LogP contribution in [0.5, 0.6) is 0 Å². The summed E-state index contributed by atoms with van der Waals surface area (Å²) in [5, 5.41) is 3.43. The van der Waals surface area contributed by atoms with Gasteiger partial charge in [0.1, 0.15) is 11.9 Å².